The summed E-state index contributed by atoms with van der Waals surface area (Å²) >= 11 is 0. The Morgan fingerprint density at radius 1 is 1.16 bits per heavy atom. The number of fused-ring (bicyclic) bond motifs is 2. The molecule has 0 fully saturated rings. The summed E-state index contributed by atoms with van der Waals surface area (Å²) in [7, 11) is 4.73. The summed E-state index contributed by atoms with van der Waals surface area (Å²) in [6, 6.07) is 7.61. The fraction of sp³-hybridized carbons (Fsp3) is 0.222. The van der Waals surface area contributed by atoms with Crippen LogP contribution in [0, 0.1) is 0 Å². The summed E-state index contributed by atoms with van der Waals surface area (Å²) in [6.07, 6.45) is 0. The molecule has 0 aliphatic carbocycles. The van der Waals surface area contributed by atoms with Gasteiger partial charge in [0, 0.05) is 26.2 Å². The average Bonchev–Trinajstić information content (AvgIpc) is 2.59. The Labute approximate surface area is 143 Å². The minimum absolute atomic E-state index is 0.0482. The summed E-state index contributed by atoms with van der Waals surface area (Å²) in [4.78, 5) is 25.7. The molecule has 0 radical (unpaired) electrons. The Bertz CT molecular complexity index is 1020. The van der Waals surface area contributed by atoms with Crippen molar-refractivity contribution in [2.24, 2.45) is 0 Å². The molecule has 0 aliphatic heterocycles. The highest BCUT2D eigenvalue weighted by atomic mass is 16.5. The highest BCUT2D eigenvalue weighted by molar-refractivity contribution is 5.94. The molecule has 0 bridgehead atoms. The van der Waals surface area contributed by atoms with Gasteiger partial charge in [-0.1, -0.05) is 0 Å². The molecule has 1 heterocycles. The number of rotatable bonds is 4. The number of hydrogen-bond donors (Lipinski definition) is 1. The maximum Gasteiger partial charge on any atom is 0.259 e. The van der Waals surface area contributed by atoms with Crippen molar-refractivity contribution in [3.63, 3.8) is 0 Å². The molecule has 2 aromatic carbocycles. The van der Waals surface area contributed by atoms with Gasteiger partial charge in [0.15, 0.2) is 6.61 Å². The summed E-state index contributed by atoms with van der Waals surface area (Å²) < 4.78 is 16.2. The molecule has 1 amide bonds. The average molecular weight is 343 g/mol. The van der Waals surface area contributed by atoms with Gasteiger partial charge in [0.25, 0.3) is 5.91 Å². The van der Waals surface area contributed by atoms with Gasteiger partial charge in [-0.15, -0.1) is 0 Å². The van der Waals surface area contributed by atoms with Crippen molar-refractivity contribution >= 4 is 27.8 Å². The maximum atomic E-state index is 12.7. The van der Waals surface area contributed by atoms with Crippen LogP contribution in [0.3, 0.4) is 0 Å². The Morgan fingerprint density at radius 2 is 1.92 bits per heavy atom. The first-order valence-electron chi connectivity index (χ1n) is 7.51. The molecule has 130 valence electrons. The van der Waals surface area contributed by atoms with E-state index in [1.807, 2.05) is 0 Å². The van der Waals surface area contributed by atoms with Crippen LogP contribution in [0.15, 0.2) is 39.5 Å². The van der Waals surface area contributed by atoms with Crippen molar-refractivity contribution in [2.75, 3.05) is 27.8 Å². The topological polar surface area (TPSA) is 89.2 Å². The number of carbonyl (C=O) groups is 1. The molecule has 0 atom stereocenters. The van der Waals surface area contributed by atoms with Gasteiger partial charge < -0.3 is 23.9 Å². The second kappa shape index (κ2) is 6.35. The monoisotopic (exact) mass is 343 g/mol. The number of phenolic OH excluding ortho intramolecular Hbond substituents is 1. The van der Waals surface area contributed by atoms with Crippen molar-refractivity contribution in [3.8, 4) is 17.2 Å². The summed E-state index contributed by atoms with van der Waals surface area (Å²) in [6.45, 7) is -0.188. The number of carbonyl (C=O) groups excluding carboxylic acids is 1. The third-order valence-corrected chi connectivity index (χ3v) is 3.79. The van der Waals surface area contributed by atoms with E-state index in [1.54, 1.807) is 32.3 Å². The van der Waals surface area contributed by atoms with E-state index in [-0.39, 0.29) is 40.4 Å². The fourth-order valence-corrected chi connectivity index (χ4v) is 2.40. The highest BCUT2D eigenvalue weighted by Gasteiger charge is 2.15. The smallest absolute Gasteiger partial charge is 0.259 e. The van der Waals surface area contributed by atoms with Gasteiger partial charge in [0.1, 0.15) is 33.8 Å². The lowest BCUT2D eigenvalue weighted by atomic mass is 10.1. The molecule has 3 rings (SSSR count). The lowest BCUT2D eigenvalue weighted by Gasteiger charge is -2.12. The largest absolute Gasteiger partial charge is 0.507 e. The Kier molecular flexibility index (Phi) is 4.22. The van der Waals surface area contributed by atoms with E-state index in [4.69, 9.17) is 13.9 Å². The molecule has 0 saturated carbocycles. The molecule has 7 heteroatoms. The van der Waals surface area contributed by atoms with E-state index in [0.29, 0.717) is 16.7 Å². The zero-order valence-electron chi connectivity index (χ0n) is 14.0. The van der Waals surface area contributed by atoms with Crippen LogP contribution in [0.2, 0.25) is 0 Å². The van der Waals surface area contributed by atoms with E-state index in [9.17, 15) is 14.7 Å². The normalized spacial score (nSPS) is 10.8. The van der Waals surface area contributed by atoms with Crippen LogP contribution < -0.4 is 14.9 Å². The van der Waals surface area contributed by atoms with E-state index in [2.05, 4.69) is 0 Å². The van der Waals surface area contributed by atoms with Crippen LogP contribution in [-0.2, 0) is 4.79 Å². The number of nitrogens with zero attached hydrogens (tertiary/aromatic N) is 1. The van der Waals surface area contributed by atoms with Crippen molar-refractivity contribution in [2.45, 2.75) is 0 Å². The summed E-state index contributed by atoms with van der Waals surface area (Å²) in [5.74, 6) is 0.243. The zero-order chi connectivity index (χ0) is 18.1. The molecular weight excluding hydrogens is 326 g/mol. The van der Waals surface area contributed by atoms with Gasteiger partial charge in [-0.05, 0) is 18.2 Å². The Balaban J connectivity index is 2.10. The highest BCUT2D eigenvalue weighted by Crippen LogP contribution is 2.31. The van der Waals surface area contributed by atoms with Crippen LogP contribution in [0.25, 0.3) is 21.9 Å². The first kappa shape index (κ1) is 16.6. The molecule has 0 unspecified atom stereocenters. The van der Waals surface area contributed by atoms with Gasteiger partial charge in [0.05, 0.1) is 12.5 Å². The number of benzene rings is 2. The van der Waals surface area contributed by atoms with E-state index in [0.717, 1.165) is 0 Å². The molecule has 1 N–H and O–H groups in total. The van der Waals surface area contributed by atoms with Gasteiger partial charge in [-0.3, -0.25) is 9.59 Å². The molecular formula is C18H17NO6. The van der Waals surface area contributed by atoms with Crippen LogP contribution in [-0.4, -0.2) is 43.7 Å². The number of likely N-dealkylation sites (N-methyl/N-ethyl adjacent to an activating group) is 1. The Hall–Kier alpha value is -3.22. The lowest BCUT2D eigenvalue weighted by molar-refractivity contribution is -0.130. The van der Waals surface area contributed by atoms with E-state index >= 15 is 0 Å². The molecule has 1 aromatic heterocycles. The van der Waals surface area contributed by atoms with Crippen LogP contribution >= 0.6 is 0 Å². The van der Waals surface area contributed by atoms with Gasteiger partial charge in [0.2, 0.25) is 5.43 Å². The number of aromatic hydroxyl groups is 1. The third kappa shape index (κ3) is 3.08. The van der Waals surface area contributed by atoms with Crippen LogP contribution in [0.4, 0.5) is 0 Å². The molecule has 0 spiro atoms. The first-order chi connectivity index (χ1) is 11.9. The Morgan fingerprint density at radius 3 is 2.60 bits per heavy atom. The predicted molar refractivity (Wildman–Crippen MR) is 92.4 cm³/mol. The van der Waals surface area contributed by atoms with Crippen LogP contribution in [0.5, 0.6) is 17.2 Å². The maximum absolute atomic E-state index is 12.7. The summed E-state index contributed by atoms with van der Waals surface area (Å²) in [5, 5.41) is 10.6. The standard InChI is InChI=1S/C18H17NO6/c1-19(2)16(21)9-24-11-7-13(20)17-15(8-11)25-14-5-4-10(23-3)6-12(14)18(17)22/h4-8,20H,9H2,1-3H3. The van der Waals surface area contributed by atoms with Crippen molar-refractivity contribution in [1.29, 1.82) is 0 Å². The van der Waals surface area contributed by atoms with Crippen molar-refractivity contribution in [3.05, 3.63) is 40.6 Å². The minimum Gasteiger partial charge on any atom is -0.507 e. The van der Waals surface area contributed by atoms with E-state index < -0.39 is 0 Å². The number of hydrogen-bond acceptors (Lipinski definition) is 6. The molecule has 0 saturated heterocycles. The van der Waals surface area contributed by atoms with Crippen molar-refractivity contribution in [1.82, 2.24) is 4.90 Å². The van der Waals surface area contributed by atoms with Crippen molar-refractivity contribution < 1.29 is 23.8 Å². The second-order valence-corrected chi connectivity index (χ2v) is 5.69. The SMILES string of the molecule is COc1ccc2oc3cc(OCC(=O)N(C)C)cc(O)c3c(=O)c2c1. The summed E-state index contributed by atoms with van der Waals surface area (Å²) in [5.41, 5.74) is 0.165. The zero-order valence-corrected chi connectivity index (χ0v) is 14.0. The number of methoxy groups -OCH3 is 1. The lowest BCUT2D eigenvalue weighted by Crippen LogP contribution is -2.27. The van der Waals surface area contributed by atoms with Gasteiger partial charge in [-0.2, -0.15) is 0 Å². The minimum atomic E-state index is -0.372. The second-order valence-electron chi connectivity index (χ2n) is 5.69. The van der Waals surface area contributed by atoms with Gasteiger partial charge in [-0.25, -0.2) is 0 Å². The van der Waals surface area contributed by atoms with Gasteiger partial charge >= 0.3 is 0 Å². The first-order valence-corrected chi connectivity index (χ1v) is 7.51. The fourth-order valence-electron chi connectivity index (χ4n) is 2.40. The number of phenols is 1. The number of ether oxygens (including phenoxy) is 2. The third-order valence-electron chi connectivity index (χ3n) is 3.79. The van der Waals surface area contributed by atoms with E-state index in [1.165, 1.54) is 24.1 Å². The molecule has 25 heavy (non-hydrogen) atoms. The quantitative estimate of drug-likeness (QED) is 0.730. The molecule has 3 aromatic rings. The molecule has 0 aliphatic rings. The number of amides is 1. The predicted octanol–water partition coefficient (Wildman–Crippen LogP) is 2.13. The molecule has 7 nitrogen and oxygen atoms in total. The van der Waals surface area contributed by atoms with Crippen LogP contribution in [0.1, 0.15) is 0 Å².